The molecule has 1 aromatic rings. The predicted molar refractivity (Wildman–Crippen MR) is 45.7 cm³/mol. The minimum absolute atomic E-state index is 0.134. The van der Waals surface area contributed by atoms with Crippen LogP contribution in [0.3, 0.4) is 0 Å². The van der Waals surface area contributed by atoms with E-state index < -0.39 is 0 Å². The van der Waals surface area contributed by atoms with E-state index in [1.54, 1.807) is 15.8 Å². The monoisotopic (exact) mass is 179 g/mol. The standard InChI is InChI=1S/C7H9N5O/c8-6(13)4-11-2-1-3-12-7(11)9-5-10-12/h1-2,5H,3-4H2,(H2,8,13). The molecule has 1 aliphatic heterocycles. The third kappa shape index (κ3) is 1.37. The molecule has 0 unspecified atom stereocenters. The number of anilines is 1. The second-order valence-corrected chi connectivity index (χ2v) is 2.72. The van der Waals surface area contributed by atoms with Gasteiger partial charge in [-0.1, -0.05) is 0 Å². The first-order valence-corrected chi connectivity index (χ1v) is 3.87. The first kappa shape index (κ1) is 7.78. The van der Waals surface area contributed by atoms with E-state index in [1.807, 2.05) is 6.08 Å². The number of allylic oxidation sites excluding steroid dienone is 1. The predicted octanol–water partition coefficient (Wildman–Crippen LogP) is -0.903. The number of hydrogen-bond donors (Lipinski definition) is 1. The number of carbonyl (C=O) groups excluding carboxylic acids is 1. The zero-order valence-electron chi connectivity index (χ0n) is 6.92. The highest BCUT2D eigenvalue weighted by atomic mass is 16.1. The van der Waals surface area contributed by atoms with Crippen LogP contribution in [0.25, 0.3) is 0 Å². The van der Waals surface area contributed by atoms with Crippen molar-refractivity contribution in [2.24, 2.45) is 5.73 Å². The van der Waals surface area contributed by atoms with Crippen LogP contribution in [-0.2, 0) is 11.3 Å². The summed E-state index contributed by atoms with van der Waals surface area (Å²) in [5.41, 5.74) is 5.08. The van der Waals surface area contributed by atoms with Crippen LogP contribution in [0.2, 0.25) is 0 Å². The van der Waals surface area contributed by atoms with E-state index in [2.05, 4.69) is 10.1 Å². The Kier molecular flexibility index (Phi) is 1.73. The van der Waals surface area contributed by atoms with Crippen LogP contribution < -0.4 is 10.6 Å². The van der Waals surface area contributed by atoms with Gasteiger partial charge in [0.1, 0.15) is 12.9 Å². The van der Waals surface area contributed by atoms with E-state index in [0.717, 1.165) is 0 Å². The molecule has 0 atom stereocenters. The number of aromatic nitrogens is 3. The zero-order valence-corrected chi connectivity index (χ0v) is 6.92. The Hall–Kier alpha value is -1.85. The molecule has 1 amide bonds. The molecule has 13 heavy (non-hydrogen) atoms. The lowest BCUT2D eigenvalue weighted by atomic mass is 10.4. The third-order valence-corrected chi connectivity index (χ3v) is 1.74. The highest BCUT2D eigenvalue weighted by Crippen LogP contribution is 2.13. The normalized spacial score (nSPS) is 14.3. The molecule has 0 aliphatic carbocycles. The third-order valence-electron chi connectivity index (χ3n) is 1.74. The quantitative estimate of drug-likeness (QED) is 0.638. The zero-order chi connectivity index (χ0) is 9.26. The molecule has 0 radical (unpaired) electrons. The lowest BCUT2D eigenvalue weighted by Crippen LogP contribution is -2.33. The van der Waals surface area contributed by atoms with E-state index in [9.17, 15) is 4.79 Å². The molecule has 0 saturated carbocycles. The van der Waals surface area contributed by atoms with Gasteiger partial charge in [0.25, 0.3) is 0 Å². The molecular formula is C7H9N5O. The fraction of sp³-hybridized carbons (Fsp3) is 0.286. The van der Waals surface area contributed by atoms with Crippen LogP contribution in [0.1, 0.15) is 0 Å². The van der Waals surface area contributed by atoms with Crippen LogP contribution >= 0.6 is 0 Å². The van der Waals surface area contributed by atoms with Gasteiger partial charge in [-0.3, -0.25) is 4.79 Å². The molecule has 2 heterocycles. The Labute approximate surface area is 74.6 Å². The van der Waals surface area contributed by atoms with E-state index in [4.69, 9.17) is 5.73 Å². The summed E-state index contributed by atoms with van der Waals surface area (Å²) in [5, 5.41) is 3.97. The van der Waals surface area contributed by atoms with E-state index in [-0.39, 0.29) is 12.5 Å². The van der Waals surface area contributed by atoms with Gasteiger partial charge in [0.05, 0.1) is 6.54 Å². The van der Waals surface area contributed by atoms with Gasteiger partial charge in [-0.2, -0.15) is 10.1 Å². The molecule has 1 aromatic heterocycles. The second kappa shape index (κ2) is 2.89. The van der Waals surface area contributed by atoms with Gasteiger partial charge in [-0.05, 0) is 6.08 Å². The molecule has 0 fully saturated rings. The van der Waals surface area contributed by atoms with Gasteiger partial charge in [-0.15, -0.1) is 0 Å². The first-order valence-electron chi connectivity index (χ1n) is 3.87. The maximum absolute atomic E-state index is 10.7. The second-order valence-electron chi connectivity index (χ2n) is 2.72. The molecule has 0 spiro atoms. The van der Waals surface area contributed by atoms with Crippen molar-refractivity contribution in [2.75, 3.05) is 11.4 Å². The van der Waals surface area contributed by atoms with Gasteiger partial charge in [0.2, 0.25) is 11.9 Å². The highest BCUT2D eigenvalue weighted by Gasteiger charge is 2.15. The van der Waals surface area contributed by atoms with Crippen LogP contribution in [-0.4, -0.2) is 27.2 Å². The van der Waals surface area contributed by atoms with Crippen LogP contribution in [0.15, 0.2) is 18.6 Å². The van der Waals surface area contributed by atoms with Crippen LogP contribution in [0.4, 0.5) is 5.95 Å². The first-order chi connectivity index (χ1) is 6.27. The lowest BCUT2D eigenvalue weighted by Gasteiger charge is -2.20. The van der Waals surface area contributed by atoms with Crippen LogP contribution in [0, 0.1) is 0 Å². The summed E-state index contributed by atoms with van der Waals surface area (Å²) in [6.45, 7) is 0.819. The molecule has 0 bridgehead atoms. The summed E-state index contributed by atoms with van der Waals surface area (Å²) < 4.78 is 1.70. The van der Waals surface area contributed by atoms with Crippen molar-refractivity contribution in [3.05, 3.63) is 18.6 Å². The number of fused-ring (bicyclic) bond motifs is 1. The molecule has 68 valence electrons. The Morgan fingerprint density at radius 3 is 3.31 bits per heavy atom. The van der Waals surface area contributed by atoms with Crippen molar-refractivity contribution in [1.82, 2.24) is 14.8 Å². The SMILES string of the molecule is NC(=O)CN1C=CCn2ncnc21. The van der Waals surface area contributed by atoms with Crippen molar-refractivity contribution in [3.63, 3.8) is 0 Å². The summed E-state index contributed by atoms with van der Waals surface area (Å²) >= 11 is 0. The Morgan fingerprint density at radius 1 is 1.69 bits per heavy atom. The van der Waals surface area contributed by atoms with Crippen LogP contribution in [0.5, 0.6) is 0 Å². The average molecular weight is 179 g/mol. The van der Waals surface area contributed by atoms with Crippen molar-refractivity contribution < 1.29 is 4.79 Å². The molecule has 2 rings (SSSR count). The number of primary amides is 1. The Bertz CT molecular complexity index is 356. The molecule has 6 heteroatoms. The lowest BCUT2D eigenvalue weighted by molar-refractivity contribution is -0.116. The Balaban J connectivity index is 2.25. The van der Waals surface area contributed by atoms with E-state index >= 15 is 0 Å². The number of hydrogen-bond acceptors (Lipinski definition) is 4. The summed E-state index contributed by atoms with van der Waals surface area (Å²) in [7, 11) is 0. The smallest absolute Gasteiger partial charge is 0.237 e. The average Bonchev–Trinajstić information content (AvgIpc) is 2.51. The molecule has 1 aliphatic rings. The van der Waals surface area contributed by atoms with E-state index in [0.29, 0.717) is 12.5 Å². The fourth-order valence-corrected chi connectivity index (χ4v) is 1.24. The number of rotatable bonds is 2. The maximum atomic E-state index is 10.7. The van der Waals surface area contributed by atoms with Gasteiger partial charge < -0.3 is 10.6 Å². The minimum atomic E-state index is -0.388. The Morgan fingerprint density at radius 2 is 2.54 bits per heavy atom. The van der Waals surface area contributed by atoms with Crippen molar-refractivity contribution >= 4 is 11.9 Å². The van der Waals surface area contributed by atoms with Crippen molar-refractivity contribution in [2.45, 2.75) is 6.54 Å². The number of nitrogens with zero attached hydrogens (tertiary/aromatic N) is 4. The highest BCUT2D eigenvalue weighted by molar-refractivity contribution is 5.79. The van der Waals surface area contributed by atoms with Gasteiger partial charge in [0.15, 0.2) is 0 Å². The molecule has 0 aromatic carbocycles. The summed E-state index contributed by atoms with van der Waals surface area (Å²) in [6, 6.07) is 0. The summed E-state index contributed by atoms with van der Waals surface area (Å²) in [6.07, 6.45) is 5.13. The largest absolute Gasteiger partial charge is 0.368 e. The molecular weight excluding hydrogens is 170 g/mol. The minimum Gasteiger partial charge on any atom is -0.368 e. The summed E-state index contributed by atoms with van der Waals surface area (Å²) in [4.78, 5) is 16.4. The molecule has 6 nitrogen and oxygen atoms in total. The topological polar surface area (TPSA) is 77.0 Å². The maximum Gasteiger partial charge on any atom is 0.237 e. The number of nitrogens with two attached hydrogens (primary N) is 1. The van der Waals surface area contributed by atoms with Gasteiger partial charge >= 0.3 is 0 Å². The fourth-order valence-electron chi connectivity index (χ4n) is 1.24. The van der Waals surface area contributed by atoms with Crippen molar-refractivity contribution in [3.8, 4) is 0 Å². The van der Waals surface area contributed by atoms with Crippen molar-refractivity contribution in [1.29, 1.82) is 0 Å². The number of amides is 1. The molecule has 2 N–H and O–H groups in total. The van der Waals surface area contributed by atoms with Gasteiger partial charge in [-0.25, -0.2) is 4.68 Å². The number of carbonyl (C=O) groups is 1. The molecule has 0 saturated heterocycles. The van der Waals surface area contributed by atoms with E-state index in [1.165, 1.54) is 6.33 Å². The summed E-state index contributed by atoms with van der Waals surface area (Å²) in [5.74, 6) is 0.266. The van der Waals surface area contributed by atoms with Gasteiger partial charge in [0, 0.05) is 6.20 Å².